The van der Waals surface area contributed by atoms with Crippen LogP contribution in [0.3, 0.4) is 0 Å². The van der Waals surface area contributed by atoms with Crippen molar-refractivity contribution in [3.8, 4) is 0 Å². The van der Waals surface area contributed by atoms with Crippen molar-refractivity contribution >= 4 is 11.8 Å². The van der Waals surface area contributed by atoms with Crippen molar-refractivity contribution in [2.24, 2.45) is 10.9 Å². The number of nitrogens with zero attached hydrogens (tertiary/aromatic N) is 1. The highest BCUT2D eigenvalue weighted by atomic mass is 16.6. The lowest BCUT2D eigenvalue weighted by molar-refractivity contribution is -0.153. The lowest BCUT2D eigenvalue weighted by atomic mass is 10.2. The summed E-state index contributed by atoms with van der Waals surface area (Å²) in [7, 11) is 0. The molecular formula is C7H14N2O3. The van der Waals surface area contributed by atoms with Gasteiger partial charge in [0.15, 0.2) is 0 Å². The molecule has 0 atom stereocenters. The second kappa shape index (κ2) is 3.94. The highest BCUT2D eigenvalue weighted by Gasteiger charge is 2.16. The third kappa shape index (κ3) is 5.52. The van der Waals surface area contributed by atoms with Crippen LogP contribution in [0.15, 0.2) is 5.16 Å². The fraction of sp³-hybridized carbons (Fsp3) is 0.714. The van der Waals surface area contributed by atoms with Gasteiger partial charge in [0.25, 0.3) is 0 Å². The van der Waals surface area contributed by atoms with E-state index >= 15 is 0 Å². The quantitative estimate of drug-likeness (QED) is 0.209. The van der Waals surface area contributed by atoms with Gasteiger partial charge in [-0.3, -0.25) is 4.79 Å². The van der Waals surface area contributed by atoms with E-state index in [-0.39, 0.29) is 12.3 Å². The first-order valence-electron chi connectivity index (χ1n) is 3.53. The first kappa shape index (κ1) is 10.7. The fourth-order valence-corrected chi connectivity index (χ4v) is 0.561. The molecule has 0 unspecified atom stereocenters. The van der Waals surface area contributed by atoms with Crippen LogP contribution >= 0.6 is 0 Å². The molecule has 0 aromatic heterocycles. The zero-order valence-corrected chi connectivity index (χ0v) is 7.50. The van der Waals surface area contributed by atoms with Crippen molar-refractivity contribution in [3.63, 3.8) is 0 Å². The molecule has 0 fully saturated rings. The van der Waals surface area contributed by atoms with Gasteiger partial charge < -0.3 is 15.7 Å². The average Bonchev–Trinajstić information content (AvgIpc) is 1.82. The Labute approximate surface area is 71.2 Å². The first-order valence-corrected chi connectivity index (χ1v) is 3.53. The number of ether oxygens (including phenoxy) is 1. The summed E-state index contributed by atoms with van der Waals surface area (Å²) in [6.07, 6.45) is -0.187. The molecule has 5 heteroatoms. The monoisotopic (exact) mass is 174 g/mol. The number of nitrogens with two attached hydrogens (primary N) is 1. The van der Waals surface area contributed by atoms with Gasteiger partial charge in [-0.1, -0.05) is 5.16 Å². The van der Waals surface area contributed by atoms with Crippen molar-refractivity contribution in [3.05, 3.63) is 0 Å². The Morgan fingerprint density at radius 3 is 2.42 bits per heavy atom. The largest absolute Gasteiger partial charge is 0.460 e. The number of carbonyl (C=O) groups is 1. The van der Waals surface area contributed by atoms with Gasteiger partial charge >= 0.3 is 5.97 Å². The van der Waals surface area contributed by atoms with Gasteiger partial charge in [-0.2, -0.15) is 0 Å². The highest BCUT2D eigenvalue weighted by molar-refractivity contribution is 5.96. The summed E-state index contributed by atoms with van der Waals surface area (Å²) >= 11 is 0. The normalized spacial score (nSPS) is 12.8. The molecule has 70 valence electrons. The van der Waals surface area contributed by atoms with Crippen LogP contribution in [0.25, 0.3) is 0 Å². The van der Waals surface area contributed by atoms with Crippen molar-refractivity contribution < 1.29 is 14.7 Å². The molecule has 0 bridgehead atoms. The maximum Gasteiger partial charge on any atom is 0.314 e. The molecule has 3 N–H and O–H groups in total. The second-order valence-corrected chi connectivity index (χ2v) is 3.35. The van der Waals surface area contributed by atoms with Crippen LogP contribution in [0.5, 0.6) is 0 Å². The van der Waals surface area contributed by atoms with E-state index in [9.17, 15) is 4.79 Å². The third-order valence-corrected chi connectivity index (χ3v) is 0.874. The number of amidine groups is 1. The summed E-state index contributed by atoms with van der Waals surface area (Å²) in [5, 5.41) is 10.8. The Bertz CT molecular complexity index is 193. The van der Waals surface area contributed by atoms with Gasteiger partial charge in [-0.05, 0) is 20.8 Å². The standard InChI is InChI=1S/C7H14N2O3/c1-7(2,3)12-6(10)4-5(8)9-11/h11H,4H2,1-3H3,(H2,8,9). The fourth-order valence-electron chi connectivity index (χ4n) is 0.561. The van der Waals surface area contributed by atoms with Crippen molar-refractivity contribution in [2.45, 2.75) is 32.8 Å². The average molecular weight is 174 g/mol. The van der Waals surface area contributed by atoms with Gasteiger partial charge in [-0.15, -0.1) is 0 Å². The van der Waals surface area contributed by atoms with Gasteiger partial charge in [0.1, 0.15) is 17.9 Å². The number of rotatable bonds is 2. The molecule has 0 saturated heterocycles. The highest BCUT2D eigenvalue weighted by Crippen LogP contribution is 2.07. The van der Waals surface area contributed by atoms with E-state index in [0.717, 1.165) is 0 Å². The SMILES string of the molecule is CC(C)(C)OC(=O)C/C(N)=N\O. The minimum Gasteiger partial charge on any atom is -0.460 e. The van der Waals surface area contributed by atoms with Gasteiger partial charge in [0.2, 0.25) is 0 Å². The summed E-state index contributed by atoms with van der Waals surface area (Å²) in [5.41, 5.74) is 4.56. The predicted octanol–water partition coefficient (Wildman–Crippen LogP) is 0.465. The minimum absolute atomic E-state index is 0.149. The van der Waals surface area contributed by atoms with Crippen LogP contribution in [-0.2, 0) is 9.53 Å². The molecule has 0 spiro atoms. The van der Waals surface area contributed by atoms with Crippen LogP contribution in [0.2, 0.25) is 0 Å². The van der Waals surface area contributed by atoms with E-state index in [4.69, 9.17) is 15.7 Å². The van der Waals surface area contributed by atoms with E-state index in [1.54, 1.807) is 20.8 Å². The van der Waals surface area contributed by atoms with Crippen LogP contribution in [-0.4, -0.2) is 22.6 Å². The molecule has 0 aromatic carbocycles. The summed E-state index contributed by atoms with van der Waals surface area (Å²) < 4.78 is 4.90. The van der Waals surface area contributed by atoms with E-state index in [2.05, 4.69) is 5.16 Å². The molecule has 0 aromatic rings. The summed E-state index contributed by atoms with van der Waals surface area (Å²) in [6.45, 7) is 5.24. The molecular weight excluding hydrogens is 160 g/mol. The van der Waals surface area contributed by atoms with Gasteiger partial charge in [0.05, 0.1) is 0 Å². The molecule has 12 heavy (non-hydrogen) atoms. The number of hydrogen-bond acceptors (Lipinski definition) is 4. The second-order valence-electron chi connectivity index (χ2n) is 3.35. The number of hydrogen-bond donors (Lipinski definition) is 2. The Kier molecular flexibility index (Phi) is 3.53. The molecule has 5 nitrogen and oxygen atoms in total. The molecule has 0 heterocycles. The third-order valence-electron chi connectivity index (χ3n) is 0.874. The van der Waals surface area contributed by atoms with Crippen LogP contribution in [0, 0.1) is 0 Å². The zero-order valence-electron chi connectivity index (χ0n) is 7.50. The Morgan fingerprint density at radius 2 is 2.08 bits per heavy atom. The summed E-state index contributed by atoms with van der Waals surface area (Å²) in [5.74, 6) is -0.651. The Balaban J connectivity index is 3.92. The molecule has 0 radical (unpaired) electrons. The van der Waals surface area contributed by atoms with E-state index in [0.29, 0.717) is 0 Å². The van der Waals surface area contributed by atoms with Gasteiger partial charge in [0, 0.05) is 0 Å². The van der Waals surface area contributed by atoms with Gasteiger partial charge in [-0.25, -0.2) is 0 Å². The molecule has 0 amide bonds. The summed E-state index contributed by atoms with van der Waals surface area (Å²) in [4.78, 5) is 10.9. The number of esters is 1. The maximum absolute atomic E-state index is 10.9. The van der Waals surface area contributed by atoms with Crippen molar-refractivity contribution in [1.82, 2.24) is 0 Å². The van der Waals surface area contributed by atoms with Crippen molar-refractivity contribution in [1.29, 1.82) is 0 Å². The smallest absolute Gasteiger partial charge is 0.314 e. The summed E-state index contributed by atoms with van der Waals surface area (Å²) in [6, 6.07) is 0. The Hall–Kier alpha value is -1.26. The topological polar surface area (TPSA) is 84.9 Å². The van der Waals surface area contributed by atoms with Crippen LogP contribution < -0.4 is 5.73 Å². The first-order chi connectivity index (χ1) is 5.35. The lowest BCUT2D eigenvalue weighted by Gasteiger charge is -2.18. The minimum atomic E-state index is -0.535. The molecule has 0 rings (SSSR count). The van der Waals surface area contributed by atoms with Crippen LogP contribution in [0.1, 0.15) is 27.2 Å². The van der Waals surface area contributed by atoms with E-state index in [1.807, 2.05) is 0 Å². The maximum atomic E-state index is 10.9. The van der Waals surface area contributed by atoms with E-state index in [1.165, 1.54) is 0 Å². The van der Waals surface area contributed by atoms with Crippen LogP contribution in [0.4, 0.5) is 0 Å². The Morgan fingerprint density at radius 1 is 1.58 bits per heavy atom. The number of carbonyl (C=O) groups excluding carboxylic acids is 1. The molecule has 0 aliphatic rings. The lowest BCUT2D eigenvalue weighted by Crippen LogP contribution is -2.27. The molecule has 0 aliphatic heterocycles. The molecule has 0 aliphatic carbocycles. The van der Waals surface area contributed by atoms with E-state index < -0.39 is 11.6 Å². The zero-order chi connectivity index (χ0) is 9.78. The molecule has 0 saturated carbocycles. The number of oxime groups is 1. The van der Waals surface area contributed by atoms with Crippen molar-refractivity contribution in [2.75, 3.05) is 0 Å². The predicted molar refractivity (Wildman–Crippen MR) is 43.9 cm³/mol.